The number of rotatable bonds is 2. The fraction of sp³-hybridized carbons (Fsp3) is 0.0909. The number of aromatic carboxylic acids is 1. The van der Waals surface area contributed by atoms with Gasteiger partial charge in [0, 0.05) is 5.39 Å². The van der Waals surface area contributed by atoms with Crippen LogP contribution in [0, 0.1) is 11.3 Å². The molecule has 1 heterocycles. The lowest BCUT2D eigenvalue weighted by Crippen LogP contribution is -1.97. The van der Waals surface area contributed by atoms with Crippen molar-refractivity contribution in [2.75, 3.05) is 7.11 Å². The fourth-order valence-corrected chi connectivity index (χ4v) is 1.63. The predicted octanol–water partition coefficient (Wildman–Crippen LogP) is 1.42. The molecule has 1 aromatic carbocycles. The molecule has 0 bridgehead atoms. The quantitative estimate of drug-likeness (QED) is 0.687. The number of phenolic OH excluding ortho intramolecular Hbond substituents is 1. The van der Waals surface area contributed by atoms with Gasteiger partial charge in [0.05, 0.1) is 7.11 Å². The number of methoxy groups -OCH3 is 1. The first-order valence-corrected chi connectivity index (χ1v) is 4.70. The van der Waals surface area contributed by atoms with Crippen molar-refractivity contribution in [3.8, 4) is 23.5 Å². The molecule has 3 N–H and O–H groups in total. The second-order valence-corrected chi connectivity index (χ2v) is 3.38. The molecule has 2 rings (SSSR count). The van der Waals surface area contributed by atoms with E-state index < -0.39 is 23.0 Å². The highest BCUT2D eigenvalue weighted by Gasteiger charge is 2.26. The minimum absolute atomic E-state index is 0.0506. The summed E-state index contributed by atoms with van der Waals surface area (Å²) in [6.07, 6.45) is 0. The van der Waals surface area contributed by atoms with E-state index in [0.717, 1.165) is 6.07 Å². The molecule has 0 saturated heterocycles. The van der Waals surface area contributed by atoms with E-state index >= 15 is 0 Å². The number of fused-ring (bicyclic) bond motifs is 1. The Labute approximate surface area is 100 Å². The number of nitriles is 1. The third-order valence-corrected chi connectivity index (χ3v) is 2.41. The molecular weight excluding hydrogens is 242 g/mol. The smallest absolute Gasteiger partial charge is 0.343 e. The molecule has 0 radical (unpaired) electrons. The Morgan fingerprint density at radius 1 is 1.50 bits per heavy atom. The van der Waals surface area contributed by atoms with Gasteiger partial charge in [-0.3, -0.25) is 0 Å². The lowest BCUT2D eigenvalue weighted by molar-refractivity contribution is 0.0694. The number of carboxylic acid groups (broad SMARTS) is 1. The number of benzene rings is 1. The molecule has 2 aromatic rings. The molecule has 0 saturated carbocycles. The summed E-state index contributed by atoms with van der Waals surface area (Å²) in [5.41, 5.74) is -0.902. The van der Waals surface area contributed by atoms with Gasteiger partial charge in [0.1, 0.15) is 17.2 Å². The minimum atomic E-state index is -1.49. The number of nitrogens with zero attached hydrogens (tertiary/aromatic N) is 1. The topological polar surface area (TPSA) is 124 Å². The molecule has 0 aliphatic carbocycles. The Balaban J connectivity index is 3.00. The Kier molecular flexibility index (Phi) is 2.48. The van der Waals surface area contributed by atoms with Crippen LogP contribution in [0.25, 0.3) is 11.0 Å². The molecule has 7 nitrogen and oxygen atoms in total. The van der Waals surface area contributed by atoms with Gasteiger partial charge in [0.15, 0.2) is 17.1 Å². The highest BCUT2D eigenvalue weighted by Crippen LogP contribution is 2.41. The first-order chi connectivity index (χ1) is 8.51. The zero-order valence-corrected chi connectivity index (χ0v) is 9.09. The highest BCUT2D eigenvalue weighted by molar-refractivity contribution is 6.07. The lowest BCUT2D eigenvalue weighted by atomic mass is 10.1. The molecule has 0 fully saturated rings. The van der Waals surface area contributed by atoms with Crippen molar-refractivity contribution < 1.29 is 29.3 Å². The monoisotopic (exact) mass is 249 g/mol. The maximum Gasteiger partial charge on any atom is 0.343 e. The van der Waals surface area contributed by atoms with E-state index in [9.17, 15) is 15.0 Å². The number of hydrogen-bond donors (Lipinski definition) is 3. The average molecular weight is 249 g/mol. The van der Waals surface area contributed by atoms with Gasteiger partial charge < -0.3 is 24.5 Å². The zero-order valence-electron chi connectivity index (χ0n) is 9.09. The molecule has 0 aliphatic heterocycles. The van der Waals surface area contributed by atoms with E-state index in [0.29, 0.717) is 0 Å². The van der Waals surface area contributed by atoms with Crippen LogP contribution in [0.3, 0.4) is 0 Å². The maximum atomic E-state index is 11.0. The summed E-state index contributed by atoms with van der Waals surface area (Å²) in [6.45, 7) is 0. The van der Waals surface area contributed by atoms with Crippen molar-refractivity contribution >= 4 is 16.9 Å². The van der Waals surface area contributed by atoms with Crippen molar-refractivity contribution in [1.29, 1.82) is 5.26 Å². The normalized spacial score (nSPS) is 10.2. The second kappa shape index (κ2) is 3.85. The van der Waals surface area contributed by atoms with Gasteiger partial charge in [-0.25, -0.2) is 4.79 Å². The van der Waals surface area contributed by atoms with Gasteiger partial charge in [-0.2, -0.15) is 5.26 Å². The van der Waals surface area contributed by atoms with Crippen LogP contribution in [-0.2, 0) is 0 Å². The highest BCUT2D eigenvalue weighted by atomic mass is 16.6. The summed E-state index contributed by atoms with van der Waals surface area (Å²) in [5, 5.41) is 36.9. The van der Waals surface area contributed by atoms with Gasteiger partial charge in [-0.1, -0.05) is 0 Å². The van der Waals surface area contributed by atoms with Gasteiger partial charge in [-0.05, 0) is 6.07 Å². The average Bonchev–Trinajstić information content (AvgIpc) is 2.66. The van der Waals surface area contributed by atoms with E-state index in [1.807, 2.05) is 0 Å². The van der Waals surface area contributed by atoms with Gasteiger partial charge >= 0.3 is 11.9 Å². The van der Waals surface area contributed by atoms with Crippen molar-refractivity contribution in [3.63, 3.8) is 0 Å². The van der Waals surface area contributed by atoms with Crippen LogP contribution in [0.15, 0.2) is 10.5 Å². The molecule has 7 heteroatoms. The number of hydrogen-bond acceptors (Lipinski definition) is 6. The van der Waals surface area contributed by atoms with E-state index in [2.05, 4.69) is 0 Å². The molecule has 0 spiro atoms. The van der Waals surface area contributed by atoms with E-state index in [1.165, 1.54) is 7.11 Å². The Morgan fingerprint density at radius 3 is 2.67 bits per heavy atom. The van der Waals surface area contributed by atoms with Crippen molar-refractivity contribution in [1.82, 2.24) is 0 Å². The molecule has 0 unspecified atom stereocenters. The van der Waals surface area contributed by atoms with Gasteiger partial charge in [0.2, 0.25) is 0 Å². The Bertz CT molecular complexity index is 694. The number of carboxylic acids is 1. The van der Waals surface area contributed by atoms with Crippen molar-refractivity contribution in [3.05, 3.63) is 17.2 Å². The minimum Gasteiger partial charge on any atom is -0.504 e. The van der Waals surface area contributed by atoms with Crippen LogP contribution in [0.5, 0.6) is 17.4 Å². The largest absolute Gasteiger partial charge is 0.504 e. The van der Waals surface area contributed by atoms with Crippen LogP contribution in [0.2, 0.25) is 0 Å². The SMILES string of the molecule is COc1oc2c(C(=O)O)c(O)c(O)cc2c1C#N. The third-order valence-electron chi connectivity index (χ3n) is 2.41. The van der Waals surface area contributed by atoms with Crippen LogP contribution < -0.4 is 4.74 Å². The predicted molar refractivity (Wildman–Crippen MR) is 57.8 cm³/mol. The molecule has 0 atom stereocenters. The molecule has 0 amide bonds. The summed E-state index contributed by atoms with van der Waals surface area (Å²) in [6, 6.07) is 2.82. The summed E-state index contributed by atoms with van der Waals surface area (Å²) in [7, 11) is 1.25. The second-order valence-electron chi connectivity index (χ2n) is 3.38. The van der Waals surface area contributed by atoms with Crippen molar-refractivity contribution in [2.45, 2.75) is 0 Å². The Hall–Kier alpha value is -2.88. The number of ether oxygens (including phenoxy) is 1. The number of carbonyl (C=O) groups is 1. The first kappa shape index (κ1) is 11.6. The maximum absolute atomic E-state index is 11.0. The summed E-state index contributed by atoms with van der Waals surface area (Å²) in [5.74, 6) is -3.15. The van der Waals surface area contributed by atoms with Gasteiger partial charge in [-0.15, -0.1) is 0 Å². The number of aromatic hydroxyl groups is 2. The fourth-order valence-electron chi connectivity index (χ4n) is 1.63. The summed E-state index contributed by atoms with van der Waals surface area (Å²) in [4.78, 5) is 11.0. The van der Waals surface area contributed by atoms with E-state index in [1.54, 1.807) is 6.07 Å². The lowest BCUT2D eigenvalue weighted by Gasteiger charge is -2.02. The first-order valence-electron chi connectivity index (χ1n) is 4.70. The molecular formula is C11H7NO6. The number of phenols is 2. The molecule has 0 aliphatic rings. The third kappa shape index (κ3) is 1.40. The molecule has 18 heavy (non-hydrogen) atoms. The van der Waals surface area contributed by atoms with Crippen molar-refractivity contribution in [2.24, 2.45) is 0 Å². The standard InChI is InChI=1S/C11H7NO6/c1-17-11-5(3-12)4-2-6(13)8(14)7(10(15)16)9(4)18-11/h2,13-14H,1H3,(H,15,16). The molecule has 92 valence electrons. The summed E-state index contributed by atoms with van der Waals surface area (Å²) < 4.78 is 9.86. The summed E-state index contributed by atoms with van der Waals surface area (Å²) >= 11 is 0. The van der Waals surface area contributed by atoms with Crippen LogP contribution in [0.4, 0.5) is 0 Å². The van der Waals surface area contributed by atoms with E-state index in [-0.39, 0.29) is 22.5 Å². The number of furan rings is 1. The van der Waals surface area contributed by atoms with Crippen LogP contribution in [0.1, 0.15) is 15.9 Å². The van der Waals surface area contributed by atoms with E-state index in [4.69, 9.17) is 19.5 Å². The molecule has 1 aromatic heterocycles. The van der Waals surface area contributed by atoms with Crippen LogP contribution >= 0.6 is 0 Å². The zero-order chi connectivity index (χ0) is 13.4. The van der Waals surface area contributed by atoms with Crippen LogP contribution in [-0.4, -0.2) is 28.4 Å². The van der Waals surface area contributed by atoms with Gasteiger partial charge in [0.25, 0.3) is 0 Å². The Morgan fingerprint density at radius 2 is 2.17 bits per heavy atom.